The number of nitrogens with one attached hydrogen (secondary N) is 2. The van der Waals surface area contributed by atoms with Gasteiger partial charge in [-0.15, -0.1) is 0 Å². The molecule has 0 bridgehead atoms. The number of ether oxygens (including phenoxy) is 3. The van der Waals surface area contributed by atoms with Crippen LogP contribution in [0.3, 0.4) is 0 Å². The first kappa shape index (κ1) is 21.3. The molecule has 0 aliphatic rings. The van der Waals surface area contributed by atoms with E-state index in [9.17, 15) is 0 Å². The molecule has 6 nitrogen and oxygen atoms in total. The van der Waals surface area contributed by atoms with Gasteiger partial charge in [-0.05, 0) is 26.5 Å². The number of guanidine groups is 1. The van der Waals surface area contributed by atoms with Crippen molar-refractivity contribution in [1.29, 1.82) is 0 Å². The molecule has 7 heteroatoms. The van der Waals surface area contributed by atoms with Crippen molar-refractivity contribution in [3.63, 3.8) is 0 Å². The van der Waals surface area contributed by atoms with E-state index >= 15 is 0 Å². The van der Waals surface area contributed by atoms with Crippen LogP contribution in [0.2, 0.25) is 0 Å². The Balaban J connectivity index is 2.33. The molecule has 1 rings (SSSR count). The number of hydrogen-bond donors (Lipinski definition) is 2. The molecule has 142 valence electrons. The minimum Gasteiger partial charge on any atom is -0.496 e. The normalized spacial score (nSPS) is 11.8. The molecule has 1 aromatic carbocycles. The summed E-state index contributed by atoms with van der Waals surface area (Å²) in [5.74, 6) is 2.98. The van der Waals surface area contributed by atoms with Crippen LogP contribution in [0.25, 0.3) is 0 Å². The summed E-state index contributed by atoms with van der Waals surface area (Å²) < 4.78 is 16.4. The van der Waals surface area contributed by atoms with Gasteiger partial charge in [0.2, 0.25) is 0 Å². The number of benzene rings is 1. The largest absolute Gasteiger partial charge is 0.496 e. The van der Waals surface area contributed by atoms with Crippen LogP contribution >= 0.6 is 11.8 Å². The summed E-state index contributed by atoms with van der Waals surface area (Å²) in [7, 11) is 5.03. The Morgan fingerprint density at radius 2 is 1.68 bits per heavy atom. The van der Waals surface area contributed by atoms with Crippen LogP contribution in [-0.4, -0.2) is 57.9 Å². The van der Waals surface area contributed by atoms with Gasteiger partial charge in [-0.25, -0.2) is 0 Å². The number of rotatable bonds is 10. The van der Waals surface area contributed by atoms with Gasteiger partial charge in [0, 0.05) is 43.1 Å². The van der Waals surface area contributed by atoms with Crippen molar-refractivity contribution in [2.75, 3.05) is 47.2 Å². The van der Waals surface area contributed by atoms with Crippen LogP contribution in [0.15, 0.2) is 23.2 Å². The number of thioether (sulfide) groups is 1. The molecule has 0 aliphatic carbocycles. The van der Waals surface area contributed by atoms with Crippen LogP contribution < -0.4 is 24.8 Å². The van der Waals surface area contributed by atoms with Gasteiger partial charge in [-0.1, -0.05) is 0 Å². The van der Waals surface area contributed by atoms with Crippen molar-refractivity contribution < 1.29 is 14.2 Å². The zero-order valence-electron chi connectivity index (χ0n) is 16.1. The summed E-state index contributed by atoms with van der Waals surface area (Å²) in [6.45, 7) is 6.63. The Hall–Kier alpha value is -1.76. The maximum atomic E-state index is 5.77. The zero-order chi connectivity index (χ0) is 18.7. The average Bonchev–Trinajstić information content (AvgIpc) is 2.63. The smallest absolute Gasteiger partial charge is 0.191 e. The van der Waals surface area contributed by atoms with Gasteiger partial charge >= 0.3 is 0 Å². The predicted molar refractivity (Wildman–Crippen MR) is 107 cm³/mol. The van der Waals surface area contributed by atoms with Gasteiger partial charge in [0.05, 0.1) is 20.8 Å². The van der Waals surface area contributed by atoms with Crippen molar-refractivity contribution in [2.24, 2.45) is 4.99 Å². The quantitative estimate of drug-likeness (QED) is 0.376. The van der Waals surface area contributed by atoms with E-state index in [4.69, 9.17) is 14.2 Å². The molecule has 25 heavy (non-hydrogen) atoms. The van der Waals surface area contributed by atoms with Gasteiger partial charge in [-0.3, -0.25) is 4.99 Å². The summed E-state index contributed by atoms with van der Waals surface area (Å²) in [6, 6.07) is 5.52. The summed E-state index contributed by atoms with van der Waals surface area (Å²) in [5.41, 5.74) is 0. The van der Waals surface area contributed by atoms with E-state index in [2.05, 4.69) is 35.7 Å². The first-order chi connectivity index (χ1) is 11.9. The lowest BCUT2D eigenvalue weighted by Gasteiger charge is -2.23. The van der Waals surface area contributed by atoms with Crippen LogP contribution in [-0.2, 0) is 0 Å². The van der Waals surface area contributed by atoms with E-state index in [1.807, 2.05) is 30.0 Å². The standard InChI is InChI=1S/C18H31N3O3S/c1-18(2,25-6)13-21-17(19-3)20-8-7-9-24-16-11-14(22-4)10-15(12-16)23-5/h10-12H,7-9,13H2,1-6H3,(H2,19,20,21). The second-order valence-corrected chi connectivity index (χ2v) is 7.58. The van der Waals surface area contributed by atoms with Gasteiger partial charge in [0.25, 0.3) is 0 Å². The van der Waals surface area contributed by atoms with Gasteiger partial charge in [0.1, 0.15) is 17.2 Å². The molecule has 0 amide bonds. The Bertz CT molecular complexity index is 528. The molecule has 2 N–H and O–H groups in total. The highest BCUT2D eigenvalue weighted by Crippen LogP contribution is 2.27. The van der Waals surface area contributed by atoms with Crippen molar-refractivity contribution in [1.82, 2.24) is 10.6 Å². The van der Waals surface area contributed by atoms with E-state index in [0.29, 0.717) is 18.1 Å². The second-order valence-electron chi connectivity index (χ2n) is 6.07. The fourth-order valence-corrected chi connectivity index (χ4v) is 2.14. The Kier molecular flexibility index (Phi) is 9.34. The monoisotopic (exact) mass is 369 g/mol. The molecule has 0 heterocycles. The lowest BCUT2D eigenvalue weighted by Crippen LogP contribution is -2.43. The van der Waals surface area contributed by atoms with Gasteiger partial charge < -0.3 is 24.8 Å². The SMILES string of the molecule is CN=C(NCCCOc1cc(OC)cc(OC)c1)NCC(C)(C)SC. The summed E-state index contributed by atoms with van der Waals surface area (Å²) in [4.78, 5) is 4.24. The van der Waals surface area contributed by atoms with E-state index in [0.717, 1.165) is 31.2 Å². The van der Waals surface area contributed by atoms with Crippen molar-refractivity contribution in [3.8, 4) is 17.2 Å². The van der Waals surface area contributed by atoms with Crippen molar-refractivity contribution >= 4 is 17.7 Å². The maximum absolute atomic E-state index is 5.77. The molecule has 0 aromatic heterocycles. The molecule has 1 aromatic rings. The second kappa shape index (κ2) is 11.0. The summed E-state index contributed by atoms with van der Waals surface area (Å²) in [5, 5.41) is 6.64. The highest BCUT2D eigenvalue weighted by molar-refractivity contribution is 7.99. The van der Waals surface area contributed by atoms with E-state index in [1.165, 1.54) is 0 Å². The van der Waals surface area contributed by atoms with Crippen LogP contribution in [0.4, 0.5) is 0 Å². The first-order valence-electron chi connectivity index (χ1n) is 8.29. The predicted octanol–water partition coefficient (Wildman–Crippen LogP) is 2.78. The number of nitrogens with zero attached hydrogens (tertiary/aromatic N) is 1. The van der Waals surface area contributed by atoms with Crippen LogP contribution in [0.1, 0.15) is 20.3 Å². The van der Waals surface area contributed by atoms with E-state index in [-0.39, 0.29) is 4.75 Å². The molecule has 0 spiro atoms. The molecule has 0 aliphatic heterocycles. The molecular weight excluding hydrogens is 338 g/mol. The highest BCUT2D eigenvalue weighted by atomic mass is 32.2. The third-order valence-corrected chi connectivity index (χ3v) is 4.91. The molecule has 0 saturated heterocycles. The van der Waals surface area contributed by atoms with Crippen molar-refractivity contribution in [2.45, 2.75) is 25.0 Å². The third kappa shape index (κ3) is 8.25. The van der Waals surface area contributed by atoms with Crippen molar-refractivity contribution in [3.05, 3.63) is 18.2 Å². The molecule has 0 atom stereocenters. The van der Waals surface area contributed by atoms with Gasteiger partial charge in [-0.2, -0.15) is 11.8 Å². The first-order valence-corrected chi connectivity index (χ1v) is 9.52. The average molecular weight is 370 g/mol. The zero-order valence-corrected chi connectivity index (χ0v) is 17.0. The van der Waals surface area contributed by atoms with E-state index in [1.54, 1.807) is 21.3 Å². The lowest BCUT2D eigenvalue weighted by atomic mass is 10.2. The Morgan fingerprint density at radius 1 is 1.08 bits per heavy atom. The molecule has 0 saturated carbocycles. The Morgan fingerprint density at radius 3 is 2.20 bits per heavy atom. The highest BCUT2D eigenvalue weighted by Gasteiger charge is 2.15. The van der Waals surface area contributed by atoms with Crippen LogP contribution in [0, 0.1) is 0 Å². The number of methoxy groups -OCH3 is 2. The Labute approximate surface area is 155 Å². The molecular formula is C18H31N3O3S. The summed E-state index contributed by atoms with van der Waals surface area (Å²) in [6.07, 6.45) is 2.97. The molecule has 0 radical (unpaired) electrons. The maximum Gasteiger partial charge on any atom is 0.191 e. The third-order valence-electron chi connectivity index (χ3n) is 3.66. The van der Waals surface area contributed by atoms with Crippen LogP contribution in [0.5, 0.6) is 17.2 Å². The van der Waals surface area contributed by atoms with E-state index < -0.39 is 0 Å². The molecule has 0 unspecified atom stereocenters. The fourth-order valence-electron chi connectivity index (χ4n) is 1.92. The molecule has 0 fully saturated rings. The minimum atomic E-state index is 0.173. The van der Waals surface area contributed by atoms with Gasteiger partial charge in [0.15, 0.2) is 5.96 Å². The fraction of sp³-hybridized carbons (Fsp3) is 0.611. The summed E-state index contributed by atoms with van der Waals surface area (Å²) >= 11 is 1.83. The number of hydrogen-bond acceptors (Lipinski definition) is 5. The minimum absolute atomic E-state index is 0.173. The lowest BCUT2D eigenvalue weighted by molar-refractivity contribution is 0.305. The topological polar surface area (TPSA) is 64.1 Å². The number of aliphatic imine (C=N–C) groups is 1.